The molecule has 2 N–H and O–H groups in total. The molecule has 0 heterocycles. The summed E-state index contributed by atoms with van der Waals surface area (Å²) in [6, 6.07) is 2.61. The molecule has 0 amide bonds. The fourth-order valence-electron chi connectivity index (χ4n) is 1.02. The molecule has 0 aliphatic rings. The Labute approximate surface area is 70.3 Å². The Morgan fingerprint density at radius 1 is 1.42 bits per heavy atom. The van der Waals surface area contributed by atoms with Gasteiger partial charge >= 0.3 is 0 Å². The van der Waals surface area contributed by atoms with Crippen molar-refractivity contribution in [2.75, 3.05) is 6.61 Å². The standard InChI is InChI=1S/C9H11FO2/c1-6-4-8(10)7(2-3-11)5-9(6)12/h4-5,11-12H,2-3H2,1H3. The highest BCUT2D eigenvalue weighted by molar-refractivity contribution is 5.36. The minimum absolute atomic E-state index is 0.0693. The van der Waals surface area contributed by atoms with E-state index in [1.54, 1.807) is 6.92 Å². The van der Waals surface area contributed by atoms with E-state index in [0.29, 0.717) is 11.1 Å². The van der Waals surface area contributed by atoms with Crippen LogP contribution in [0.4, 0.5) is 4.39 Å². The summed E-state index contributed by atoms with van der Waals surface area (Å²) in [4.78, 5) is 0. The maximum absolute atomic E-state index is 13.0. The van der Waals surface area contributed by atoms with E-state index in [9.17, 15) is 9.50 Å². The molecule has 0 spiro atoms. The van der Waals surface area contributed by atoms with E-state index >= 15 is 0 Å². The van der Waals surface area contributed by atoms with Crippen LogP contribution in [-0.4, -0.2) is 16.8 Å². The number of benzene rings is 1. The van der Waals surface area contributed by atoms with Gasteiger partial charge < -0.3 is 10.2 Å². The molecule has 0 saturated carbocycles. The number of aliphatic hydroxyl groups excluding tert-OH is 1. The quantitative estimate of drug-likeness (QED) is 0.703. The van der Waals surface area contributed by atoms with E-state index in [1.807, 2.05) is 0 Å². The van der Waals surface area contributed by atoms with Crippen molar-refractivity contribution >= 4 is 0 Å². The molecule has 1 rings (SSSR count). The number of hydrogen-bond acceptors (Lipinski definition) is 2. The molecule has 1 aromatic rings. The summed E-state index contributed by atoms with van der Waals surface area (Å²) in [5.74, 6) is -0.306. The van der Waals surface area contributed by atoms with Crippen molar-refractivity contribution in [3.8, 4) is 5.75 Å². The number of aryl methyl sites for hydroxylation is 1. The molecule has 1 aromatic carbocycles. The Morgan fingerprint density at radius 2 is 2.08 bits per heavy atom. The lowest BCUT2D eigenvalue weighted by Crippen LogP contribution is -1.95. The number of aromatic hydroxyl groups is 1. The fourth-order valence-corrected chi connectivity index (χ4v) is 1.02. The van der Waals surface area contributed by atoms with E-state index in [1.165, 1.54) is 12.1 Å². The number of halogens is 1. The summed E-state index contributed by atoms with van der Waals surface area (Å²) >= 11 is 0. The van der Waals surface area contributed by atoms with E-state index < -0.39 is 0 Å². The van der Waals surface area contributed by atoms with Gasteiger partial charge in [0, 0.05) is 6.61 Å². The monoisotopic (exact) mass is 170 g/mol. The lowest BCUT2D eigenvalue weighted by molar-refractivity contribution is 0.297. The number of hydrogen-bond donors (Lipinski definition) is 2. The van der Waals surface area contributed by atoms with Gasteiger partial charge in [0.2, 0.25) is 0 Å². The Morgan fingerprint density at radius 3 is 2.67 bits per heavy atom. The second-order valence-electron chi connectivity index (χ2n) is 2.70. The Balaban J connectivity index is 3.05. The number of rotatable bonds is 2. The third-order valence-electron chi connectivity index (χ3n) is 1.75. The minimum Gasteiger partial charge on any atom is -0.508 e. The molecule has 0 fully saturated rings. The van der Waals surface area contributed by atoms with E-state index in [0.717, 1.165) is 0 Å². The zero-order chi connectivity index (χ0) is 9.14. The summed E-state index contributed by atoms with van der Waals surface area (Å²) in [5.41, 5.74) is 0.856. The molecule has 0 bridgehead atoms. The zero-order valence-electron chi connectivity index (χ0n) is 6.84. The van der Waals surface area contributed by atoms with Crippen LogP contribution in [0.15, 0.2) is 12.1 Å². The van der Waals surface area contributed by atoms with Crippen molar-refractivity contribution in [2.24, 2.45) is 0 Å². The van der Waals surface area contributed by atoms with Gasteiger partial charge in [0.25, 0.3) is 0 Å². The minimum atomic E-state index is -0.376. The van der Waals surface area contributed by atoms with Crippen LogP contribution < -0.4 is 0 Å². The van der Waals surface area contributed by atoms with Crippen LogP contribution in [0.3, 0.4) is 0 Å². The third-order valence-corrected chi connectivity index (χ3v) is 1.75. The molecule has 0 aromatic heterocycles. The third kappa shape index (κ3) is 1.74. The molecule has 2 nitrogen and oxygen atoms in total. The molecule has 0 aliphatic carbocycles. The van der Waals surface area contributed by atoms with Crippen molar-refractivity contribution < 1.29 is 14.6 Å². The molecular formula is C9H11FO2. The highest BCUT2D eigenvalue weighted by Gasteiger charge is 2.05. The van der Waals surface area contributed by atoms with Gasteiger partial charge in [0.05, 0.1) is 0 Å². The van der Waals surface area contributed by atoms with Crippen LogP contribution in [0.1, 0.15) is 11.1 Å². The highest BCUT2D eigenvalue weighted by atomic mass is 19.1. The van der Waals surface area contributed by atoms with Gasteiger partial charge in [-0.3, -0.25) is 0 Å². The van der Waals surface area contributed by atoms with Crippen LogP contribution in [0.5, 0.6) is 5.75 Å². The topological polar surface area (TPSA) is 40.5 Å². The van der Waals surface area contributed by atoms with Crippen LogP contribution in [0, 0.1) is 12.7 Å². The maximum atomic E-state index is 13.0. The van der Waals surface area contributed by atoms with Crippen molar-refractivity contribution in [3.05, 3.63) is 29.1 Å². The predicted molar refractivity (Wildman–Crippen MR) is 43.6 cm³/mol. The first-order valence-corrected chi connectivity index (χ1v) is 3.74. The largest absolute Gasteiger partial charge is 0.508 e. The lowest BCUT2D eigenvalue weighted by atomic mass is 10.1. The second-order valence-corrected chi connectivity index (χ2v) is 2.70. The van der Waals surface area contributed by atoms with Crippen molar-refractivity contribution in [1.82, 2.24) is 0 Å². The second kappa shape index (κ2) is 3.54. The Kier molecular flexibility index (Phi) is 2.65. The van der Waals surface area contributed by atoms with Crippen molar-refractivity contribution in [1.29, 1.82) is 0 Å². The molecule has 66 valence electrons. The van der Waals surface area contributed by atoms with Crippen LogP contribution in [0.25, 0.3) is 0 Å². The van der Waals surface area contributed by atoms with E-state index in [-0.39, 0.29) is 24.6 Å². The van der Waals surface area contributed by atoms with Crippen LogP contribution >= 0.6 is 0 Å². The van der Waals surface area contributed by atoms with Crippen LogP contribution in [0.2, 0.25) is 0 Å². The normalized spacial score (nSPS) is 10.2. The molecular weight excluding hydrogens is 159 g/mol. The van der Waals surface area contributed by atoms with Gasteiger partial charge in [0.1, 0.15) is 11.6 Å². The molecule has 0 saturated heterocycles. The average Bonchev–Trinajstić information content (AvgIpc) is 2.01. The van der Waals surface area contributed by atoms with Gasteiger partial charge in [-0.15, -0.1) is 0 Å². The predicted octanol–water partition coefficient (Wildman–Crippen LogP) is 1.37. The first-order valence-electron chi connectivity index (χ1n) is 3.74. The van der Waals surface area contributed by atoms with E-state index in [4.69, 9.17) is 5.11 Å². The molecule has 12 heavy (non-hydrogen) atoms. The molecule has 0 atom stereocenters. The zero-order valence-corrected chi connectivity index (χ0v) is 6.84. The van der Waals surface area contributed by atoms with E-state index in [2.05, 4.69) is 0 Å². The number of phenolic OH excluding ortho intramolecular Hbond substituents is 1. The highest BCUT2D eigenvalue weighted by Crippen LogP contribution is 2.20. The average molecular weight is 170 g/mol. The number of phenols is 1. The molecule has 3 heteroatoms. The number of aliphatic hydroxyl groups is 1. The summed E-state index contributed by atoms with van der Waals surface area (Å²) in [6.45, 7) is 1.51. The first-order chi connectivity index (χ1) is 5.65. The van der Waals surface area contributed by atoms with Gasteiger partial charge in [-0.25, -0.2) is 4.39 Å². The summed E-state index contributed by atoms with van der Waals surface area (Å²) in [6.07, 6.45) is 0.236. The lowest BCUT2D eigenvalue weighted by Gasteiger charge is -2.04. The van der Waals surface area contributed by atoms with Gasteiger partial charge in [-0.05, 0) is 36.6 Å². The molecule has 0 aliphatic heterocycles. The van der Waals surface area contributed by atoms with Gasteiger partial charge in [0.15, 0.2) is 0 Å². The Bertz CT molecular complexity index is 284. The molecule has 0 unspecified atom stereocenters. The first kappa shape index (κ1) is 9.00. The molecule has 0 radical (unpaired) electrons. The SMILES string of the molecule is Cc1cc(F)c(CCO)cc1O. The van der Waals surface area contributed by atoms with Gasteiger partial charge in [-0.2, -0.15) is 0 Å². The summed E-state index contributed by atoms with van der Waals surface area (Å²) < 4.78 is 13.0. The van der Waals surface area contributed by atoms with Crippen molar-refractivity contribution in [3.63, 3.8) is 0 Å². The summed E-state index contributed by atoms with van der Waals surface area (Å²) in [5, 5.41) is 17.8. The smallest absolute Gasteiger partial charge is 0.127 e. The summed E-state index contributed by atoms with van der Waals surface area (Å²) in [7, 11) is 0. The van der Waals surface area contributed by atoms with Crippen LogP contribution in [-0.2, 0) is 6.42 Å². The Hall–Kier alpha value is -1.09. The maximum Gasteiger partial charge on any atom is 0.127 e. The van der Waals surface area contributed by atoms with Crippen molar-refractivity contribution in [2.45, 2.75) is 13.3 Å². The fraction of sp³-hybridized carbons (Fsp3) is 0.333. The van der Waals surface area contributed by atoms with Gasteiger partial charge in [-0.1, -0.05) is 0 Å².